The van der Waals surface area contributed by atoms with E-state index >= 15 is 0 Å². The Kier molecular flexibility index (Phi) is 6.77. The lowest BCUT2D eigenvalue weighted by Gasteiger charge is -2.19. The van der Waals surface area contributed by atoms with Gasteiger partial charge in [0.25, 0.3) is 0 Å². The molecule has 0 aliphatic carbocycles. The number of hydrogen-bond donors (Lipinski definition) is 0. The summed E-state index contributed by atoms with van der Waals surface area (Å²) in [5.74, 6) is -4.89. The van der Waals surface area contributed by atoms with Gasteiger partial charge in [-0.15, -0.1) is 0 Å². The second kappa shape index (κ2) is 9.32. The Morgan fingerprint density at radius 3 is 2.19 bits per heavy atom. The van der Waals surface area contributed by atoms with E-state index in [1.165, 1.54) is 12.1 Å². The van der Waals surface area contributed by atoms with Crippen molar-refractivity contribution in [1.82, 2.24) is 0 Å². The normalized spacial score (nSPS) is 11.5. The van der Waals surface area contributed by atoms with Gasteiger partial charge in [0.05, 0.1) is 0 Å². The first kappa shape index (κ1) is 22.5. The summed E-state index contributed by atoms with van der Waals surface area (Å²) in [5, 5.41) is 0. The van der Waals surface area contributed by atoms with Gasteiger partial charge in [0.2, 0.25) is 0 Å². The summed E-state index contributed by atoms with van der Waals surface area (Å²) in [7, 11) is 0. The Morgan fingerprint density at radius 2 is 1.55 bits per heavy atom. The van der Waals surface area contributed by atoms with Gasteiger partial charge in [-0.3, -0.25) is 0 Å². The Hall–Kier alpha value is -3.16. The lowest BCUT2D eigenvalue weighted by Crippen LogP contribution is -2.32. The highest BCUT2D eigenvalue weighted by Gasteiger charge is 2.34. The van der Waals surface area contributed by atoms with Gasteiger partial charge < -0.3 is 9.47 Å². The SMILES string of the molecule is CCCc1ccc(OCC(F)(F)Oc2ccc(-c3ccc(F)c(F)c3)c(F)c2)c(F)c1. The number of alkyl halides is 2. The summed E-state index contributed by atoms with van der Waals surface area (Å²) in [4.78, 5) is 0. The topological polar surface area (TPSA) is 18.5 Å². The minimum Gasteiger partial charge on any atom is -0.480 e. The molecule has 0 radical (unpaired) electrons. The first-order valence-corrected chi connectivity index (χ1v) is 9.41. The molecule has 0 spiro atoms. The van der Waals surface area contributed by atoms with Crippen LogP contribution in [0.2, 0.25) is 0 Å². The predicted octanol–water partition coefficient (Wildman–Crippen LogP) is 6.91. The summed E-state index contributed by atoms with van der Waals surface area (Å²) in [6, 6.07) is 9.65. The first-order valence-electron chi connectivity index (χ1n) is 9.41. The second-order valence-corrected chi connectivity index (χ2v) is 6.81. The van der Waals surface area contributed by atoms with Crippen LogP contribution in [0.25, 0.3) is 11.1 Å². The molecule has 2 nitrogen and oxygen atoms in total. The molecule has 0 amide bonds. The first-order chi connectivity index (χ1) is 14.7. The van der Waals surface area contributed by atoms with Gasteiger partial charge in [0.1, 0.15) is 11.6 Å². The van der Waals surface area contributed by atoms with Crippen LogP contribution < -0.4 is 9.47 Å². The highest BCUT2D eigenvalue weighted by Crippen LogP contribution is 2.30. The van der Waals surface area contributed by atoms with Crippen LogP contribution in [0, 0.1) is 23.3 Å². The number of benzene rings is 3. The molecule has 3 aromatic rings. The molecule has 8 heteroatoms. The lowest BCUT2D eigenvalue weighted by molar-refractivity contribution is -0.195. The van der Waals surface area contributed by atoms with Crippen LogP contribution in [0.4, 0.5) is 26.3 Å². The lowest BCUT2D eigenvalue weighted by atomic mass is 10.0. The molecular weight excluding hydrogens is 422 g/mol. The smallest absolute Gasteiger partial charge is 0.433 e. The highest BCUT2D eigenvalue weighted by molar-refractivity contribution is 5.65. The van der Waals surface area contributed by atoms with Gasteiger partial charge in [0.15, 0.2) is 29.8 Å². The number of rotatable bonds is 8. The molecule has 0 unspecified atom stereocenters. The van der Waals surface area contributed by atoms with Crippen LogP contribution in [-0.4, -0.2) is 12.7 Å². The molecule has 0 saturated heterocycles. The minimum atomic E-state index is -3.88. The minimum absolute atomic E-state index is 0.0278. The molecule has 0 heterocycles. The average molecular weight is 440 g/mol. The molecule has 0 aromatic heterocycles. The van der Waals surface area contributed by atoms with Crippen molar-refractivity contribution < 1.29 is 35.8 Å². The molecule has 0 aliphatic rings. The fraction of sp³-hybridized carbons (Fsp3) is 0.217. The number of halogens is 6. The van der Waals surface area contributed by atoms with E-state index in [0.29, 0.717) is 18.1 Å². The standard InChI is InChI=1S/C23H18F6O2/c1-2-3-14-4-9-22(21(27)10-14)30-13-23(28,29)31-16-6-7-17(19(25)12-16)15-5-8-18(24)20(26)11-15/h4-12H,2-3,13H2,1H3. The third-order valence-electron chi connectivity index (χ3n) is 4.37. The summed E-state index contributed by atoms with van der Waals surface area (Å²) < 4.78 is 92.2. The van der Waals surface area contributed by atoms with E-state index in [4.69, 9.17) is 4.74 Å². The zero-order valence-corrected chi connectivity index (χ0v) is 16.4. The van der Waals surface area contributed by atoms with Gasteiger partial charge >= 0.3 is 6.11 Å². The van der Waals surface area contributed by atoms with Crippen molar-refractivity contribution in [3.8, 4) is 22.6 Å². The zero-order chi connectivity index (χ0) is 22.6. The molecule has 31 heavy (non-hydrogen) atoms. The summed E-state index contributed by atoms with van der Waals surface area (Å²) >= 11 is 0. The van der Waals surface area contributed by atoms with Gasteiger partial charge in [0, 0.05) is 11.6 Å². The fourth-order valence-corrected chi connectivity index (χ4v) is 2.93. The molecule has 3 rings (SSSR count). The van der Waals surface area contributed by atoms with Crippen LogP contribution in [0.3, 0.4) is 0 Å². The van der Waals surface area contributed by atoms with E-state index in [-0.39, 0.29) is 16.9 Å². The van der Waals surface area contributed by atoms with Gasteiger partial charge in [-0.2, -0.15) is 8.78 Å². The van der Waals surface area contributed by atoms with Crippen molar-refractivity contribution in [1.29, 1.82) is 0 Å². The maximum atomic E-state index is 14.3. The van der Waals surface area contributed by atoms with E-state index in [1.807, 2.05) is 6.92 Å². The third-order valence-corrected chi connectivity index (χ3v) is 4.37. The molecule has 0 atom stereocenters. The summed E-state index contributed by atoms with van der Waals surface area (Å²) in [5.41, 5.74) is 0.618. The van der Waals surface area contributed by atoms with E-state index in [0.717, 1.165) is 36.8 Å². The van der Waals surface area contributed by atoms with Gasteiger partial charge in [-0.25, -0.2) is 17.6 Å². The van der Waals surface area contributed by atoms with E-state index in [1.54, 1.807) is 6.07 Å². The Bertz CT molecular complexity index is 1070. The Morgan fingerprint density at radius 1 is 0.774 bits per heavy atom. The quantitative estimate of drug-likeness (QED) is 0.354. The maximum absolute atomic E-state index is 14.3. The number of ether oxygens (including phenoxy) is 2. The molecule has 3 aromatic carbocycles. The summed E-state index contributed by atoms with van der Waals surface area (Å²) in [6.45, 7) is 0.622. The van der Waals surface area contributed by atoms with Crippen LogP contribution in [0.1, 0.15) is 18.9 Å². The molecular formula is C23H18F6O2. The Labute approximate surface area is 175 Å². The summed E-state index contributed by atoms with van der Waals surface area (Å²) in [6.07, 6.45) is -2.44. The number of aryl methyl sites for hydroxylation is 1. The van der Waals surface area contributed by atoms with Crippen LogP contribution in [0.5, 0.6) is 11.5 Å². The van der Waals surface area contributed by atoms with Gasteiger partial charge in [-0.05, 0) is 53.9 Å². The fourth-order valence-electron chi connectivity index (χ4n) is 2.93. The monoisotopic (exact) mass is 440 g/mol. The molecule has 0 fully saturated rings. The van der Waals surface area contributed by atoms with Crippen molar-refractivity contribution >= 4 is 0 Å². The van der Waals surface area contributed by atoms with Crippen molar-refractivity contribution in [2.45, 2.75) is 25.9 Å². The van der Waals surface area contributed by atoms with E-state index in [9.17, 15) is 26.3 Å². The predicted molar refractivity (Wildman–Crippen MR) is 103 cm³/mol. The zero-order valence-electron chi connectivity index (χ0n) is 16.4. The largest absolute Gasteiger partial charge is 0.480 e. The van der Waals surface area contributed by atoms with Gasteiger partial charge in [-0.1, -0.05) is 25.5 Å². The second-order valence-electron chi connectivity index (χ2n) is 6.81. The van der Waals surface area contributed by atoms with E-state index in [2.05, 4.69) is 4.74 Å². The Balaban J connectivity index is 1.68. The van der Waals surface area contributed by atoms with E-state index < -0.39 is 41.7 Å². The van der Waals surface area contributed by atoms with Crippen LogP contribution in [0.15, 0.2) is 54.6 Å². The molecule has 0 aliphatic heterocycles. The molecule has 164 valence electrons. The molecule has 0 bridgehead atoms. The highest BCUT2D eigenvalue weighted by atomic mass is 19.3. The molecule has 0 saturated carbocycles. The maximum Gasteiger partial charge on any atom is 0.433 e. The third kappa shape index (κ3) is 5.71. The number of hydrogen-bond acceptors (Lipinski definition) is 2. The average Bonchev–Trinajstić information content (AvgIpc) is 2.70. The van der Waals surface area contributed by atoms with Crippen LogP contribution in [-0.2, 0) is 6.42 Å². The van der Waals surface area contributed by atoms with Crippen molar-refractivity contribution in [2.75, 3.05) is 6.61 Å². The van der Waals surface area contributed by atoms with Crippen molar-refractivity contribution in [3.05, 3.63) is 83.4 Å². The van der Waals surface area contributed by atoms with Crippen molar-refractivity contribution in [2.24, 2.45) is 0 Å². The van der Waals surface area contributed by atoms with Crippen molar-refractivity contribution in [3.63, 3.8) is 0 Å². The molecule has 0 N–H and O–H groups in total. The van der Waals surface area contributed by atoms with Crippen LogP contribution >= 0.6 is 0 Å².